The van der Waals surface area contributed by atoms with Crippen molar-refractivity contribution in [1.29, 1.82) is 0 Å². The van der Waals surface area contributed by atoms with Crippen molar-refractivity contribution in [2.24, 2.45) is 0 Å². The lowest BCUT2D eigenvalue weighted by atomic mass is 10.0. The lowest BCUT2D eigenvalue weighted by molar-refractivity contribution is -0.123. The summed E-state index contributed by atoms with van der Waals surface area (Å²) in [6, 6.07) is -0.531. The Labute approximate surface area is 378 Å². The van der Waals surface area contributed by atoms with E-state index in [1.54, 1.807) is 0 Å². The van der Waals surface area contributed by atoms with Gasteiger partial charge in [-0.1, -0.05) is 316 Å². The predicted octanol–water partition coefficient (Wildman–Crippen LogP) is 18.4. The summed E-state index contributed by atoms with van der Waals surface area (Å²) in [5, 5.41) is 23.3. The Morgan fingerprint density at radius 2 is 0.533 bits per heavy atom. The molecule has 4 heteroatoms. The quantitative estimate of drug-likeness (QED) is 0.0534. The van der Waals surface area contributed by atoms with E-state index in [2.05, 4.69) is 19.2 Å². The van der Waals surface area contributed by atoms with Crippen LogP contribution in [-0.4, -0.2) is 34.9 Å². The van der Waals surface area contributed by atoms with Gasteiger partial charge >= 0.3 is 0 Å². The van der Waals surface area contributed by atoms with E-state index in [1.165, 1.54) is 283 Å². The second-order valence-electron chi connectivity index (χ2n) is 19.7. The third-order valence-corrected chi connectivity index (χ3v) is 13.6. The van der Waals surface area contributed by atoms with E-state index in [1.807, 2.05) is 0 Å². The summed E-state index contributed by atoms with van der Waals surface area (Å²) >= 11 is 0. The van der Waals surface area contributed by atoms with E-state index >= 15 is 0 Å². The number of carbonyl (C=O) groups excluding carboxylic acids is 1. The molecule has 360 valence electrons. The van der Waals surface area contributed by atoms with Crippen molar-refractivity contribution in [1.82, 2.24) is 5.32 Å². The van der Waals surface area contributed by atoms with Crippen molar-refractivity contribution in [2.45, 2.75) is 347 Å². The van der Waals surface area contributed by atoms with E-state index in [0.717, 1.165) is 25.7 Å². The maximum atomic E-state index is 12.5. The first-order valence-electron chi connectivity index (χ1n) is 28.2. The summed E-state index contributed by atoms with van der Waals surface area (Å²) in [6.07, 6.45) is 66.7. The van der Waals surface area contributed by atoms with Crippen LogP contribution in [0.4, 0.5) is 0 Å². The van der Waals surface area contributed by atoms with E-state index in [-0.39, 0.29) is 12.5 Å². The van der Waals surface area contributed by atoms with Gasteiger partial charge in [-0.25, -0.2) is 0 Å². The monoisotopic (exact) mass is 848 g/mol. The smallest absolute Gasteiger partial charge is 0.220 e. The second-order valence-corrected chi connectivity index (χ2v) is 19.7. The molecule has 2 atom stereocenters. The van der Waals surface area contributed by atoms with E-state index in [4.69, 9.17) is 0 Å². The summed E-state index contributed by atoms with van der Waals surface area (Å²) < 4.78 is 0. The molecule has 0 aliphatic heterocycles. The Morgan fingerprint density at radius 1 is 0.333 bits per heavy atom. The van der Waals surface area contributed by atoms with Crippen molar-refractivity contribution in [2.75, 3.05) is 6.61 Å². The molecule has 3 N–H and O–H groups in total. The molecule has 0 bridgehead atoms. The zero-order chi connectivity index (χ0) is 43.5. The van der Waals surface area contributed by atoms with E-state index in [9.17, 15) is 15.0 Å². The van der Waals surface area contributed by atoms with Gasteiger partial charge in [0.25, 0.3) is 0 Å². The summed E-state index contributed by atoms with van der Waals surface area (Å²) in [5.41, 5.74) is 0. The van der Waals surface area contributed by atoms with Crippen LogP contribution in [0.25, 0.3) is 0 Å². The highest BCUT2D eigenvalue weighted by Crippen LogP contribution is 2.18. The number of unbranched alkanes of at least 4 members (excludes halogenated alkanes) is 46. The zero-order valence-corrected chi connectivity index (χ0v) is 41.5. The molecule has 0 rings (SSSR count). The van der Waals surface area contributed by atoms with Crippen LogP contribution in [0.15, 0.2) is 0 Å². The minimum absolute atomic E-state index is 0.0218. The van der Waals surface area contributed by atoms with Crippen LogP contribution in [0.5, 0.6) is 0 Å². The maximum Gasteiger partial charge on any atom is 0.220 e. The third kappa shape index (κ3) is 48.4. The molecule has 0 fully saturated rings. The number of amides is 1. The highest BCUT2D eigenvalue weighted by atomic mass is 16.3. The van der Waals surface area contributed by atoms with Crippen LogP contribution in [0.3, 0.4) is 0 Å². The van der Waals surface area contributed by atoms with Gasteiger partial charge in [-0.05, 0) is 12.8 Å². The highest BCUT2D eigenvalue weighted by Gasteiger charge is 2.20. The lowest BCUT2D eigenvalue weighted by Crippen LogP contribution is -2.45. The molecule has 0 aromatic carbocycles. The van der Waals surface area contributed by atoms with Crippen molar-refractivity contribution in [3.8, 4) is 0 Å². The Morgan fingerprint density at radius 3 is 0.750 bits per heavy atom. The van der Waals surface area contributed by atoms with Gasteiger partial charge < -0.3 is 15.5 Å². The Balaban J connectivity index is 3.39. The number of nitrogens with one attached hydrogen (secondary N) is 1. The first-order valence-corrected chi connectivity index (χ1v) is 28.2. The van der Waals surface area contributed by atoms with Crippen molar-refractivity contribution in [3.05, 3.63) is 0 Å². The minimum Gasteiger partial charge on any atom is -0.394 e. The summed E-state index contributed by atoms with van der Waals surface area (Å²) in [7, 11) is 0. The third-order valence-electron chi connectivity index (χ3n) is 13.6. The molecule has 0 aromatic rings. The molecule has 0 aliphatic carbocycles. The van der Waals surface area contributed by atoms with E-state index in [0.29, 0.717) is 12.8 Å². The SMILES string of the molecule is CCCCCCCCCCCCCCCCCCCCCCCCCCCCCCC(=O)NC(CO)C(O)CCCCCCCCCCCCCCCCCCCCCC. The Hall–Kier alpha value is -0.610. The number of carbonyl (C=O) groups is 1. The standard InChI is InChI=1S/C56H113NO3/c1-3-5-7-9-11-13-15-17-19-21-23-25-26-27-28-29-30-31-32-34-36-38-40-42-44-46-48-50-52-56(60)57-54(53-58)55(59)51-49-47-45-43-41-39-37-35-33-24-22-20-18-16-14-12-10-8-6-4-2/h54-55,58-59H,3-53H2,1-2H3,(H,57,60). The molecule has 0 spiro atoms. The molecule has 0 saturated carbocycles. The fraction of sp³-hybridized carbons (Fsp3) is 0.982. The zero-order valence-electron chi connectivity index (χ0n) is 41.5. The minimum atomic E-state index is -0.654. The van der Waals surface area contributed by atoms with Crippen LogP contribution >= 0.6 is 0 Å². The normalized spacial score (nSPS) is 12.7. The van der Waals surface area contributed by atoms with E-state index < -0.39 is 12.1 Å². The fourth-order valence-corrected chi connectivity index (χ4v) is 9.31. The molecule has 4 nitrogen and oxygen atoms in total. The van der Waals surface area contributed by atoms with Gasteiger partial charge in [-0.3, -0.25) is 4.79 Å². The number of rotatable bonds is 53. The molecule has 0 aromatic heterocycles. The van der Waals surface area contributed by atoms with Gasteiger partial charge in [0.1, 0.15) is 0 Å². The molecule has 0 aliphatic rings. The van der Waals surface area contributed by atoms with Crippen LogP contribution < -0.4 is 5.32 Å². The molecular formula is C56H113NO3. The van der Waals surface area contributed by atoms with Gasteiger partial charge in [0.2, 0.25) is 5.91 Å². The van der Waals surface area contributed by atoms with Crippen molar-refractivity contribution in [3.63, 3.8) is 0 Å². The highest BCUT2D eigenvalue weighted by molar-refractivity contribution is 5.76. The van der Waals surface area contributed by atoms with Crippen LogP contribution in [0, 0.1) is 0 Å². The van der Waals surface area contributed by atoms with Gasteiger partial charge in [-0.2, -0.15) is 0 Å². The van der Waals surface area contributed by atoms with Gasteiger partial charge in [0.05, 0.1) is 18.8 Å². The average molecular weight is 849 g/mol. The average Bonchev–Trinajstić information content (AvgIpc) is 3.25. The lowest BCUT2D eigenvalue weighted by Gasteiger charge is -2.22. The summed E-state index contributed by atoms with van der Waals surface area (Å²) in [4.78, 5) is 12.5. The molecule has 0 heterocycles. The number of hydrogen-bond donors (Lipinski definition) is 3. The van der Waals surface area contributed by atoms with Crippen molar-refractivity contribution < 1.29 is 15.0 Å². The second kappa shape index (κ2) is 52.7. The molecule has 60 heavy (non-hydrogen) atoms. The number of aliphatic hydroxyl groups is 2. The van der Waals surface area contributed by atoms with Gasteiger partial charge in [0, 0.05) is 6.42 Å². The number of hydrogen-bond acceptors (Lipinski definition) is 3. The van der Waals surface area contributed by atoms with Crippen LogP contribution in [0.1, 0.15) is 335 Å². The van der Waals surface area contributed by atoms with Crippen LogP contribution in [0.2, 0.25) is 0 Å². The first kappa shape index (κ1) is 59.4. The predicted molar refractivity (Wildman–Crippen MR) is 267 cm³/mol. The molecular weight excluding hydrogens is 735 g/mol. The molecule has 0 saturated heterocycles. The molecule has 0 radical (unpaired) electrons. The first-order chi connectivity index (χ1) is 29.7. The topological polar surface area (TPSA) is 69.6 Å². The van der Waals surface area contributed by atoms with Gasteiger partial charge in [0.15, 0.2) is 0 Å². The Kier molecular flexibility index (Phi) is 52.2. The summed E-state index contributed by atoms with van der Waals surface area (Å²) in [6.45, 7) is 4.41. The Bertz CT molecular complexity index is 788. The molecule has 2 unspecified atom stereocenters. The molecule has 1 amide bonds. The van der Waals surface area contributed by atoms with Crippen molar-refractivity contribution >= 4 is 5.91 Å². The maximum absolute atomic E-state index is 12.5. The largest absolute Gasteiger partial charge is 0.394 e. The van der Waals surface area contributed by atoms with Gasteiger partial charge in [-0.15, -0.1) is 0 Å². The number of aliphatic hydroxyl groups excluding tert-OH is 2. The fourth-order valence-electron chi connectivity index (χ4n) is 9.31. The summed E-state index contributed by atoms with van der Waals surface area (Å²) in [5.74, 6) is -0.0218. The van der Waals surface area contributed by atoms with Crippen LogP contribution in [-0.2, 0) is 4.79 Å².